The van der Waals surface area contributed by atoms with Crippen molar-refractivity contribution >= 4 is 27.3 Å². The van der Waals surface area contributed by atoms with Crippen molar-refractivity contribution in [3.63, 3.8) is 0 Å². The predicted octanol–water partition coefficient (Wildman–Crippen LogP) is 3.58. The minimum Gasteiger partial charge on any atom is -0.491 e. The second-order valence-corrected chi connectivity index (χ2v) is 8.04. The van der Waals surface area contributed by atoms with Gasteiger partial charge in [0.15, 0.2) is 0 Å². The zero-order valence-corrected chi connectivity index (χ0v) is 17.1. The number of nitrogens with one attached hydrogen (secondary N) is 2. The molecule has 2 aromatic rings. The quantitative estimate of drug-likeness (QED) is 0.575. The smallest absolute Gasteiger partial charge is 0.416 e. The first-order chi connectivity index (χ1) is 13.9. The summed E-state index contributed by atoms with van der Waals surface area (Å²) in [4.78, 5) is 12.3. The molecule has 4 N–H and O–H groups in total. The van der Waals surface area contributed by atoms with E-state index in [1.807, 2.05) is 6.92 Å². The molecule has 0 spiro atoms. The van der Waals surface area contributed by atoms with Crippen LogP contribution in [0.5, 0.6) is 5.75 Å². The van der Waals surface area contributed by atoms with Crippen LogP contribution in [-0.4, -0.2) is 27.0 Å². The first kappa shape index (κ1) is 23.5. The summed E-state index contributed by atoms with van der Waals surface area (Å²) in [7, 11) is -3.86. The first-order valence-electron chi connectivity index (χ1n) is 8.96. The molecule has 11 heteroatoms. The molecule has 0 aliphatic rings. The van der Waals surface area contributed by atoms with Gasteiger partial charge in [-0.2, -0.15) is 13.2 Å². The molecule has 30 heavy (non-hydrogen) atoms. The number of primary sulfonamides is 1. The van der Waals surface area contributed by atoms with Crippen LogP contribution in [0.2, 0.25) is 0 Å². The van der Waals surface area contributed by atoms with Crippen molar-refractivity contribution in [2.75, 3.05) is 17.2 Å². The van der Waals surface area contributed by atoms with E-state index in [1.165, 1.54) is 37.3 Å². The number of ether oxygens (including phenoxy) is 1. The number of alkyl halides is 3. The summed E-state index contributed by atoms with van der Waals surface area (Å²) in [5.41, 5.74) is -0.543. The monoisotopic (exact) mass is 445 g/mol. The Balaban J connectivity index is 2.16. The summed E-state index contributed by atoms with van der Waals surface area (Å²) in [6.45, 7) is 3.63. The zero-order valence-electron chi connectivity index (χ0n) is 16.3. The van der Waals surface area contributed by atoms with Crippen LogP contribution in [0, 0.1) is 0 Å². The van der Waals surface area contributed by atoms with E-state index in [0.717, 1.165) is 12.1 Å². The van der Waals surface area contributed by atoms with Gasteiger partial charge in [-0.15, -0.1) is 0 Å². The highest BCUT2D eigenvalue weighted by Crippen LogP contribution is 2.35. The number of amides is 1. The van der Waals surface area contributed by atoms with E-state index < -0.39 is 33.7 Å². The highest BCUT2D eigenvalue weighted by molar-refractivity contribution is 7.89. The summed E-state index contributed by atoms with van der Waals surface area (Å²) in [6, 6.07) is 7.24. The molecule has 1 unspecified atom stereocenters. The highest BCUT2D eigenvalue weighted by Gasteiger charge is 2.31. The molecule has 0 aliphatic carbocycles. The van der Waals surface area contributed by atoms with Crippen molar-refractivity contribution in [3.8, 4) is 5.75 Å². The van der Waals surface area contributed by atoms with E-state index in [4.69, 9.17) is 9.88 Å². The lowest BCUT2D eigenvalue weighted by molar-refractivity contribution is -0.137. The maximum Gasteiger partial charge on any atom is 0.416 e. The van der Waals surface area contributed by atoms with Gasteiger partial charge in [0.25, 0.3) is 0 Å². The van der Waals surface area contributed by atoms with Crippen LogP contribution in [0.4, 0.5) is 24.5 Å². The topological polar surface area (TPSA) is 111 Å². The normalized spacial score (nSPS) is 12.9. The highest BCUT2D eigenvalue weighted by atomic mass is 32.2. The van der Waals surface area contributed by atoms with Crippen LogP contribution < -0.4 is 20.5 Å². The number of carbonyl (C=O) groups excluding carboxylic acids is 1. The van der Waals surface area contributed by atoms with Crippen molar-refractivity contribution < 1.29 is 31.1 Å². The van der Waals surface area contributed by atoms with E-state index in [2.05, 4.69) is 10.6 Å². The fourth-order valence-corrected chi connectivity index (χ4v) is 2.95. The Hall–Kier alpha value is -2.79. The van der Waals surface area contributed by atoms with Gasteiger partial charge in [-0.25, -0.2) is 13.6 Å². The Bertz CT molecular complexity index is 993. The Morgan fingerprint density at radius 3 is 2.33 bits per heavy atom. The van der Waals surface area contributed by atoms with E-state index in [-0.39, 0.29) is 16.3 Å². The zero-order chi connectivity index (χ0) is 22.5. The molecule has 0 heterocycles. The van der Waals surface area contributed by atoms with E-state index >= 15 is 0 Å². The van der Waals surface area contributed by atoms with Crippen molar-refractivity contribution in [1.82, 2.24) is 0 Å². The molecule has 0 aromatic heterocycles. The minimum absolute atomic E-state index is 0.0329. The summed E-state index contributed by atoms with van der Waals surface area (Å²) in [5.74, 6) is -0.348. The molecule has 0 aliphatic heterocycles. The molecular weight excluding hydrogens is 423 g/mol. The van der Waals surface area contributed by atoms with Gasteiger partial charge in [0, 0.05) is 5.69 Å². The molecule has 0 fully saturated rings. The largest absolute Gasteiger partial charge is 0.491 e. The van der Waals surface area contributed by atoms with Crippen LogP contribution in [0.3, 0.4) is 0 Å². The van der Waals surface area contributed by atoms with E-state index in [1.54, 1.807) is 0 Å². The third-order valence-corrected chi connectivity index (χ3v) is 4.91. The van der Waals surface area contributed by atoms with Crippen molar-refractivity contribution in [3.05, 3.63) is 48.0 Å². The van der Waals surface area contributed by atoms with Gasteiger partial charge < -0.3 is 15.4 Å². The molecule has 2 rings (SSSR count). The van der Waals surface area contributed by atoms with Gasteiger partial charge in [-0.05, 0) is 55.8 Å². The number of nitrogens with two attached hydrogens (primary N) is 1. The lowest BCUT2D eigenvalue weighted by atomic mass is 10.1. The Morgan fingerprint density at radius 2 is 1.80 bits per heavy atom. The molecule has 1 amide bonds. The number of hydrogen-bond acceptors (Lipinski definition) is 5. The number of hydrogen-bond donors (Lipinski definition) is 3. The maximum atomic E-state index is 13.1. The van der Waals surface area contributed by atoms with Gasteiger partial charge in [-0.3, -0.25) is 4.79 Å². The third kappa shape index (κ3) is 6.36. The summed E-state index contributed by atoms with van der Waals surface area (Å²) < 4.78 is 67.2. The molecule has 0 bridgehead atoms. The van der Waals surface area contributed by atoms with E-state index in [0.29, 0.717) is 18.7 Å². The third-order valence-electron chi connectivity index (χ3n) is 3.98. The minimum atomic E-state index is -4.55. The summed E-state index contributed by atoms with van der Waals surface area (Å²) in [5, 5.41) is 10.3. The SMILES string of the molecule is CCCOc1ccc(C(F)(F)F)cc1NC(C)C(=O)Nc1ccc(S(N)(=O)=O)cc1. The fraction of sp³-hybridized carbons (Fsp3) is 0.316. The predicted molar refractivity (Wildman–Crippen MR) is 107 cm³/mol. The average molecular weight is 445 g/mol. The molecule has 164 valence electrons. The lowest BCUT2D eigenvalue weighted by Gasteiger charge is -2.19. The Labute approximate surface area is 172 Å². The number of rotatable bonds is 8. The van der Waals surface area contributed by atoms with Crippen LogP contribution in [0.25, 0.3) is 0 Å². The molecule has 0 saturated carbocycles. The number of benzene rings is 2. The molecule has 0 saturated heterocycles. The molecular formula is C19H22F3N3O4S. The van der Waals surface area contributed by atoms with Gasteiger partial charge in [0.2, 0.25) is 15.9 Å². The first-order valence-corrected chi connectivity index (χ1v) is 10.5. The maximum absolute atomic E-state index is 13.1. The Kier molecular flexibility index (Phi) is 7.32. The number of carbonyl (C=O) groups is 1. The van der Waals surface area contributed by atoms with Gasteiger partial charge in [0.1, 0.15) is 11.8 Å². The molecule has 7 nitrogen and oxygen atoms in total. The second-order valence-electron chi connectivity index (χ2n) is 6.48. The van der Waals surface area contributed by atoms with Gasteiger partial charge in [-0.1, -0.05) is 6.92 Å². The number of sulfonamides is 1. The van der Waals surface area contributed by atoms with Gasteiger partial charge >= 0.3 is 6.18 Å². The number of halogens is 3. The summed E-state index contributed by atoms with van der Waals surface area (Å²) >= 11 is 0. The number of anilines is 2. The summed E-state index contributed by atoms with van der Waals surface area (Å²) in [6.07, 6.45) is -3.89. The fourth-order valence-electron chi connectivity index (χ4n) is 2.43. The van der Waals surface area contributed by atoms with Crippen molar-refractivity contribution in [1.29, 1.82) is 0 Å². The second kappa shape index (κ2) is 9.35. The lowest BCUT2D eigenvalue weighted by Crippen LogP contribution is -2.32. The standard InChI is InChI=1S/C19H22F3N3O4S/c1-3-10-29-17-9-4-13(19(20,21)22)11-16(17)24-12(2)18(26)25-14-5-7-15(8-6-14)30(23,27)28/h4-9,11-12,24H,3,10H2,1-2H3,(H,25,26)(H2,23,27,28). The van der Waals surface area contributed by atoms with Crippen LogP contribution in [0.1, 0.15) is 25.8 Å². The van der Waals surface area contributed by atoms with Crippen LogP contribution >= 0.6 is 0 Å². The molecule has 2 aromatic carbocycles. The van der Waals surface area contributed by atoms with Crippen LogP contribution in [-0.2, 0) is 21.0 Å². The molecule has 0 radical (unpaired) electrons. The van der Waals surface area contributed by atoms with Crippen LogP contribution in [0.15, 0.2) is 47.4 Å². The Morgan fingerprint density at radius 1 is 1.17 bits per heavy atom. The van der Waals surface area contributed by atoms with Crippen molar-refractivity contribution in [2.45, 2.75) is 37.4 Å². The van der Waals surface area contributed by atoms with E-state index in [9.17, 15) is 26.4 Å². The van der Waals surface area contributed by atoms with Gasteiger partial charge in [0.05, 0.1) is 22.8 Å². The average Bonchev–Trinajstić information content (AvgIpc) is 2.65. The molecule has 1 atom stereocenters. The van der Waals surface area contributed by atoms with Crippen molar-refractivity contribution in [2.24, 2.45) is 5.14 Å².